The Labute approximate surface area is 205 Å². The fourth-order valence-corrected chi connectivity index (χ4v) is 4.33. The quantitative estimate of drug-likeness (QED) is 0.288. The first-order valence-corrected chi connectivity index (χ1v) is 11.6. The lowest BCUT2D eigenvalue weighted by Crippen LogP contribution is -2.26. The van der Waals surface area contributed by atoms with Crippen molar-refractivity contribution in [2.24, 2.45) is 0 Å². The second kappa shape index (κ2) is 9.10. The molecule has 1 aliphatic heterocycles. The highest BCUT2D eigenvalue weighted by atomic mass is 16.5. The van der Waals surface area contributed by atoms with Gasteiger partial charge in [-0.25, -0.2) is 24.9 Å². The number of rotatable bonds is 6. The molecule has 1 unspecified atom stereocenters. The number of carbonyl (C=O) groups is 1. The Morgan fingerprint density at radius 1 is 1.17 bits per heavy atom. The minimum atomic E-state index is -0.120. The SMILES string of the molecule is Nc1nccc(-c2cnc3nc(C4COc5ccc(C(=O)NCCc6cnc[nH]6)cc5C4)[nH]c3c2)n1. The van der Waals surface area contributed by atoms with E-state index in [1.54, 1.807) is 37.1 Å². The number of aromatic nitrogens is 7. The molecule has 11 heteroatoms. The van der Waals surface area contributed by atoms with E-state index in [0.29, 0.717) is 42.9 Å². The molecule has 1 aromatic carbocycles. The lowest BCUT2D eigenvalue weighted by atomic mass is 9.94. The highest BCUT2D eigenvalue weighted by Gasteiger charge is 2.25. The number of aromatic amines is 2. The fraction of sp³-hybridized carbons (Fsp3) is 0.200. The van der Waals surface area contributed by atoms with Crippen LogP contribution in [0.25, 0.3) is 22.4 Å². The molecule has 1 atom stereocenters. The van der Waals surface area contributed by atoms with E-state index < -0.39 is 0 Å². The molecular weight excluding hydrogens is 458 g/mol. The van der Waals surface area contributed by atoms with Crippen molar-refractivity contribution in [3.8, 4) is 17.0 Å². The summed E-state index contributed by atoms with van der Waals surface area (Å²) in [7, 11) is 0. The van der Waals surface area contributed by atoms with Crippen molar-refractivity contribution in [3.63, 3.8) is 0 Å². The van der Waals surface area contributed by atoms with Gasteiger partial charge in [0, 0.05) is 48.4 Å². The van der Waals surface area contributed by atoms with Gasteiger partial charge in [-0.1, -0.05) is 0 Å². The van der Waals surface area contributed by atoms with Gasteiger partial charge >= 0.3 is 0 Å². The summed E-state index contributed by atoms with van der Waals surface area (Å²) in [5.41, 5.74) is 11.2. The van der Waals surface area contributed by atoms with Gasteiger partial charge in [-0.15, -0.1) is 0 Å². The van der Waals surface area contributed by atoms with Gasteiger partial charge in [-0.3, -0.25) is 4.79 Å². The molecule has 5 aromatic rings. The molecule has 0 spiro atoms. The van der Waals surface area contributed by atoms with E-state index in [9.17, 15) is 4.79 Å². The van der Waals surface area contributed by atoms with Crippen molar-refractivity contribution >= 4 is 23.0 Å². The van der Waals surface area contributed by atoms with Crippen LogP contribution in [-0.2, 0) is 12.8 Å². The van der Waals surface area contributed by atoms with Crippen molar-refractivity contribution in [2.45, 2.75) is 18.8 Å². The first-order chi connectivity index (χ1) is 17.6. The van der Waals surface area contributed by atoms with Crippen LogP contribution in [-0.4, -0.2) is 53.9 Å². The number of pyridine rings is 1. The van der Waals surface area contributed by atoms with E-state index in [-0.39, 0.29) is 17.8 Å². The number of hydrogen-bond acceptors (Lipinski definition) is 8. The van der Waals surface area contributed by atoms with E-state index in [1.807, 2.05) is 18.2 Å². The first-order valence-electron chi connectivity index (χ1n) is 11.6. The van der Waals surface area contributed by atoms with Gasteiger partial charge in [0.05, 0.1) is 30.1 Å². The molecular formula is C25H23N9O2. The number of hydrogen-bond donors (Lipinski definition) is 4. The monoisotopic (exact) mass is 481 g/mol. The molecule has 1 amide bonds. The Bertz CT molecular complexity index is 1540. The standard InChI is InChI=1S/C25H23N9O2/c26-25-29-6-4-19(33-25)16-9-20-23(30-10-16)34-22(32-20)17-8-15-7-14(1-2-21(15)36-12-17)24(35)28-5-3-18-11-27-13-31-18/h1-2,4,6-7,9-11,13,17H,3,5,8,12H2,(H,27,31)(H,28,35)(H2,26,29,33)(H,30,32,34). The molecule has 0 fully saturated rings. The van der Waals surface area contributed by atoms with Crippen molar-refractivity contribution in [1.82, 2.24) is 40.2 Å². The molecule has 1 aliphatic rings. The minimum absolute atomic E-state index is 0.00327. The third kappa shape index (κ3) is 4.33. The largest absolute Gasteiger partial charge is 0.493 e. The predicted octanol–water partition coefficient (Wildman–Crippen LogP) is 2.41. The summed E-state index contributed by atoms with van der Waals surface area (Å²) in [6.07, 6.45) is 8.10. The average Bonchev–Trinajstić information content (AvgIpc) is 3.57. The normalized spacial score (nSPS) is 14.8. The summed E-state index contributed by atoms with van der Waals surface area (Å²) in [5, 5.41) is 2.96. The molecule has 180 valence electrons. The number of ether oxygens (including phenoxy) is 1. The average molecular weight is 482 g/mol. The van der Waals surface area contributed by atoms with Gasteiger partial charge in [-0.2, -0.15) is 0 Å². The Balaban J connectivity index is 1.18. The number of amides is 1. The van der Waals surface area contributed by atoms with Gasteiger partial charge < -0.3 is 25.8 Å². The van der Waals surface area contributed by atoms with Crippen LogP contribution in [0.4, 0.5) is 5.95 Å². The Morgan fingerprint density at radius 2 is 2.11 bits per heavy atom. The van der Waals surface area contributed by atoms with Gasteiger partial charge in [-0.05, 0) is 42.3 Å². The molecule has 11 nitrogen and oxygen atoms in total. The number of fused-ring (bicyclic) bond motifs is 2. The van der Waals surface area contributed by atoms with E-state index in [0.717, 1.165) is 33.9 Å². The highest BCUT2D eigenvalue weighted by molar-refractivity contribution is 5.94. The number of nitrogens with zero attached hydrogens (tertiary/aromatic N) is 5. The van der Waals surface area contributed by atoms with Crippen LogP contribution < -0.4 is 15.8 Å². The molecule has 0 saturated carbocycles. The second-order valence-corrected chi connectivity index (χ2v) is 8.63. The Hall–Kier alpha value is -4.80. The smallest absolute Gasteiger partial charge is 0.251 e. The van der Waals surface area contributed by atoms with E-state index in [4.69, 9.17) is 15.5 Å². The van der Waals surface area contributed by atoms with Crippen LogP contribution >= 0.6 is 0 Å². The second-order valence-electron chi connectivity index (χ2n) is 8.63. The molecule has 6 rings (SSSR count). The highest BCUT2D eigenvalue weighted by Crippen LogP contribution is 2.33. The number of anilines is 1. The first kappa shape index (κ1) is 21.7. The number of nitrogens with two attached hydrogens (primary N) is 1. The lowest BCUT2D eigenvalue weighted by molar-refractivity contribution is 0.0954. The molecule has 0 saturated heterocycles. The van der Waals surface area contributed by atoms with Crippen LogP contribution in [0, 0.1) is 0 Å². The number of nitrogens with one attached hydrogen (secondary N) is 3. The Morgan fingerprint density at radius 3 is 2.97 bits per heavy atom. The summed E-state index contributed by atoms with van der Waals surface area (Å²) in [5.74, 6) is 1.67. The molecule has 0 aliphatic carbocycles. The molecule has 5 N–H and O–H groups in total. The minimum Gasteiger partial charge on any atom is -0.493 e. The van der Waals surface area contributed by atoms with E-state index in [2.05, 4.69) is 35.2 Å². The maximum atomic E-state index is 12.7. The summed E-state index contributed by atoms with van der Waals surface area (Å²) < 4.78 is 6.00. The van der Waals surface area contributed by atoms with Crippen molar-refractivity contribution in [3.05, 3.63) is 77.9 Å². The number of benzene rings is 1. The lowest BCUT2D eigenvalue weighted by Gasteiger charge is -2.24. The van der Waals surface area contributed by atoms with Crippen LogP contribution in [0.3, 0.4) is 0 Å². The summed E-state index contributed by atoms with van der Waals surface area (Å²) >= 11 is 0. The summed E-state index contributed by atoms with van der Waals surface area (Å²) in [6.45, 7) is 1.00. The van der Waals surface area contributed by atoms with Gasteiger partial charge in [0.25, 0.3) is 5.91 Å². The zero-order valence-electron chi connectivity index (χ0n) is 19.2. The van der Waals surface area contributed by atoms with Gasteiger partial charge in [0.1, 0.15) is 11.6 Å². The Kier molecular flexibility index (Phi) is 5.49. The third-order valence-corrected chi connectivity index (χ3v) is 6.18. The summed E-state index contributed by atoms with van der Waals surface area (Å²) in [6, 6.07) is 9.27. The number of carbonyl (C=O) groups excluding carboxylic acids is 1. The number of imidazole rings is 2. The topological polar surface area (TPSA) is 160 Å². The van der Waals surface area contributed by atoms with Crippen molar-refractivity contribution in [2.75, 3.05) is 18.9 Å². The maximum Gasteiger partial charge on any atom is 0.251 e. The van der Waals surface area contributed by atoms with Gasteiger partial charge in [0.2, 0.25) is 5.95 Å². The zero-order chi connectivity index (χ0) is 24.5. The number of H-pyrrole nitrogens is 2. The zero-order valence-corrected chi connectivity index (χ0v) is 19.2. The van der Waals surface area contributed by atoms with Crippen LogP contribution in [0.15, 0.2) is 55.2 Å². The third-order valence-electron chi connectivity index (χ3n) is 6.18. The fourth-order valence-electron chi connectivity index (χ4n) is 4.33. The molecule has 36 heavy (non-hydrogen) atoms. The molecule has 5 heterocycles. The maximum absolute atomic E-state index is 12.7. The van der Waals surface area contributed by atoms with E-state index in [1.165, 1.54) is 0 Å². The number of nitrogen functional groups attached to an aromatic ring is 1. The predicted molar refractivity (Wildman–Crippen MR) is 132 cm³/mol. The van der Waals surface area contributed by atoms with E-state index >= 15 is 0 Å². The summed E-state index contributed by atoms with van der Waals surface area (Å²) in [4.78, 5) is 40.5. The molecule has 0 radical (unpaired) electrons. The molecule has 4 aromatic heterocycles. The van der Waals surface area contributed by atoms with Crippen molar-refractivity contribution in [1.29, 1.82) is 0 Å². The van der Waals surface area contributed by atoms with Crippen molar-refractivity contribution < 1.29 is 9.53 Å². The van der Waals surface area contributed by atoms with Crippen LogP contribution in [0.1, 0.15) is 33.4 Å². The van der Waals surface area contributed by atoms with Crippen LogP contribution in [0.2, 0.25) is 0 Å². The van der Waals surface area contributed by atoms with Gasteiger partial charge in [0.15, 0.2) is 5.65 Å². The molecule has 0 bridgehead atoms. The van der Waals surface area contributed by atoms with Crippen LogP contribution in [0.5, 0.6) is 5.75 Å².